The Balaban J connectivity index is 1.40. The summed E-state index contributed by atoms with van der Waals surface area (Å²) in [6, 6.07) is 40.6. The van der Waals surface area contributed by atoms with Crippen LogP contribution in [0.25, 0.3) is 60.0 Å². The van der Waals surface area contributed by atoms with Crippen molar-refractivity contribution in [2.45, 2.75) is 0 Å². The summed E-state index contributed by atoms with van der Waals surface area (Å²) in [6.07, 6.45) is 0. The highest BCUT2D eigenvalue weighted by Crippen LogP contribution is 2.35. The van der Waals surface area contributed by atoms with Gasteiger partial charge in [-0.2, -0.15) is 0 Å². The summed E-state index contributed by atoms with van der Waals surface area (Å²) in [6.45, 7) is 7.33. The third-order valence-corrected chi connectivity index (χ3v) is 6.64. The van der Waals surface area contributed by atoms with Crippen molar-refractivity contribution < 1.29 is 0 Å². The van der Waals surface area contributed by atoms with E-state index in [1.807, 2.05) is 18.2 Å². The lowest BCUT2D eigenvalue weighted by Crippen LogP contribution is -1.86. The highest BCUT2D eigenvalue weighted by Gasteiger charge is 2.11. The van der Waals surface area contributed by atoms with Gasteiger partial charge in [-0.1, -0.05) is 91.0 Å². The van der Waals surface area contributed by atoms with Crippen LogP contribution in [0.15, 0.2) is 115 Å². The zero-order valence-electron chi connectivity index (χ0n) is 18.9. The maximum atomic E-state index is 7.33. The average Bonchev–Trinajstić information content (AvgIpc) is 3.20. The second kappa shape index (κ2) is 8.06. The number of aromatic nitrogens is 1. The zero-order chi connectivity index (χ0) is 23.1. The minimum atomic E-state index is 0.671. The van der Waals surface area contributed by atoms with Gasteiger partial charge in [-0.3, -0.25) is 0 Å². The molecule has 0 aliphatic carbocycles. The number of hydrogen-bond acceptors (Lipinski definition) is 0. The molecule has 2 heteroatoms. The summed E-state index contributed by atoms with van der Waals surface area (Å²) in [5, 5.41) is 2.39. The average molecular weight is 435 g/mol. The Morgan fingerprint density at radius 2 is 1.09 bits per heavy atom. The van der Waals surface area contributed by atoms with E-state index < -0.39 is 0 Å². The summed E-state index contributed by atoms with van der Waals surface area (Å²) in [5.41, 5.74) is 10.2. The van der Waals surface area contributed by atoms with Crippen LogP contribution in [0.5, 0.6) is 0 Å². The summed E-state index contributed by atoms with van der Waals surface area (Å²) >= 11 is 0. The number of aryl methyl sites for hydroxylation is 1. The summed E-state index contributed by atoms with van der Waals surface area (Å²) in [5.74, 6) is 0. The Morgan fingerprint density at radius 3 is 1.82 bits per heavy atom. The Labute approximate surface area is 199 Å². The molecule has 5 aromatic carbocycles. The first-order valence-electron chi connectivity index (χ1n) is 11.4. The van der Waals surface area contributed by atoms with Gasteiger partial charge in [0.25, 0.3) is 0 Å². The molecule has 2 nitrogen and oxygen atoms in total. The number of rotatable bonds is 3. The molecule has 6 rings (SSSR count). The first kappa shape index (κ1) is 20.0. The first-order valence-corrected chi connectivity index (χ1v) is 11.4. The van der Waals surface area contributed by atoms with Gasteiger partial charge in [0.15, 0.2) is 5.69 Å². The van der Waals surface area contributed by atoms with Crippen LogP contribution in [0, 0.1) is 6.57 Å². The Morgan fingerprint density at radius 1 is 0.500 bits per heavy atom. The third kappa shape index (κ3) is 3.36. The van der Waals surface area contributed by atoms with Crippen molar-refractivity contribution in [2.24, 2.45) is 7.05 Å². The van der Waals surface area contributed by atoms with Crippen LogP contribution in [0.1, 0.15) is 0 Å². The van der Waals surface area contributed by atoms with Crippen molar-refractivity contribution in [1.82, 2.24) is 4.57 Å². The molecule has 0 aliphatic rings. The number of fused-ring (bicyclic) bond motifs is 3. The molecular weight excluding hydrogens is 412 g/mol. The Kier molecular flexibility index (Phi) is 4.75. The van der Waals surface area contributed by atoms with Crippen molar-refractivity contribution >= 4 is 27.5 Å². The Hall–Kier alpha value is -4.61. The van der Waals surface area contributed by atoms with E-state index in [9.17, 15) is 0 Å². The molecule has 6 aromatic rings. The molecule has 0 bridgehead atoms. The molecule has 0 saturated heterocycles. The van der Waals surface area contributed by atoms with Gasteiger partial charge < -0.3 is 4.57 Å². The van der Waals surface area contributed by atoms with E-state index in [0.717, 1.165) is 5.52 Å². The van der Waals surface area contributed by atoms with Crippen molar-refractivity contribution in [3.8, 4) is 33.4 Å². The maximum Gasteiger partial charge on any atom is 0.189 e. The minimum absolute atomic E-state index is 0.671. The van der Waals surface area contributed by atoms with Gasteiger partial charge in [-0.25, -0.2) is 4.85 Å². The van der Waals surface area contributed by atoms with Crippen LogP contribution < -0.4 is 0 Å². The number of nitrogens with zero attached hydrogens (tertiary/aromatic N) is 2. The second-order valence-electron chi connectivity index (χ2n) is 8.63. The molecule has 0 N–H and O–H groups in total. The molecule has 1 aromatic heterocycles. The lowest BCUT2D eigenvalue weighted by atomic mass is 9.96. The quantitative estimate of drug-likeness (QED) is 0.246. The molecule has 1 heterocycles. The fourth-order valence-corrected chi connectivity index (χ4v) is 4.81. The van der Waals surface area contributed by atoms with Gasteiger partial charge in [-0.05, 0) is 57.6 Å². The number of hydrogen-bond donors (Lipinski definition) is 0. The molecule has 0 fully saturated rings. The van der Waals surface area contributed by atoms with Crippen LogP contribution in [0.4, 0.5) is 5.69 Å². The van der Waals surface area contributed by atoms with E-state index >= 15 is 0 Å². The van der Waals surface area contributed by atoms with Crippen LogP contribution >= 0.6 is 0 Å². The molecule has 34 heavy (non-hydrogen) atoms. The van der Waals surface area contributed by atoms with E-state index in [-0.39, 0.29) is 0 Å². The number of benzene rings is 5. The van der Waals surface area contributed by atoms with E-state index in [2.05, 4.69) is 114 Å². The summed E-state index contributed by atoms with van der Waals surface area (Å²) < 4.78 is 2.17. The molecule has 0 saturated carbocycles. The second-order valence-corrected chi connectivity index (χ2v) is 8.63. The van der Waals surface area contributed by atoms with Crippen molar-refractivity contribution in [3.05, 3.63) is 127 Å². The normalized spacial score (nSPS) is 11.1. The van der Waals surface area contributed by atoms with Crippen LogP contribution in [-0.4, -0.2) is 4.57 Å². The molecule has 0 amide bonds. The third-order valence-electron chi connectivity index (χ3n) is 6.64. The smallest absolute Gasteiger partial charge is 0.189 e. The van der Waals surface area contributed by atoms with Gasteiger partial charge in [0, 0.05) is 28.9 Å². The largest absolute Gasteiger partial charge is 0.345 e. The fourth-order valence-electron chi connectivity index (χ4n) is 4.81. The van der Waals surface area contributed by atoms with E-state index in [1.54, 1.807) is 0 Å². The predicted molar refractivity (Wildman–Crippen MR) is 143 cm³/mol. The highest BCUT2D eigenvalue weighted by atomic mass is 14.9. The Bertz CT molecular complexity index is 1700. The van der Waals surface area contributed by atoms with Crippen molar-refractivity contribution in [1.29, 1.82) is 0 Å². The lowest BCUT2D eigenvalue weighted by molar-refractivity contribution is 1.01. The van der Waals surface area contributed by atoms with Gasteiger partial charge in [-0.15, -0.1) is 0 Å². The maximum absolute atomic E-state index is 7.33. The predicted octanol–water partition coefficient (Wildman–Crippen LogP) is 8.88. The van der Waals surface area contributed by atoms with Crippen LogP contribution in [0.3, 0.4) is 0 Å². The highest BCUT2D eigenvalue weighted by molar-refractivity contribution is 6.10. The SMILES string of the molecule is [C-]#[N+]c1ccc2c3cc(-c4cccc(-c5ccc(-c6ccccc6)cc5)c4)ccc3n(C)c2c1. The van der Waals surface area contributed by atoms with Crippen molar-refractivity contribution in [2.75, 3.05) is 0 Å². The van der Waals surface area contributed by atoms with Gasteiger partial charge in [0.2, 0.25) is 0 Å². The van der Waals surface area contributed by atoms with E-state index in [1.165, 1.54) is 49.7 Å². The standard InChI is InChI=1S/C32H22N2/c1-33-28-16-17-29-30-20-27(15-18-31(30)34(2)32(29)21-28)26-10-6-9-25(19-26)24-13-11-23(12-14-24)22-7-4-3-5-8-22/h3-21H,2H3. The first-order chi connectivity index (χ1) is 16.7. The molecular formula is C32H22N2. The van der Waals surface area contributed by atoms with Gasteiger partial charge >= 0.3 is 0 Å². The lowest BCUT2D eigenvalue weighted by Gasteiger charge is -2.08. The summed E-state index contributed by atoms with van der Waals surface area (Å²) in [4.78, 5) is 3.59. The molecule has 0 unspecified atom stereocenters. The molecule has 0 aliphatic heterocycles. The van der Waals surface area contributed by atoms with Gasteiger partial charge in [0.1, 0.15) is 0 Å². The summed E-state index contributed by atoms with van der Waals surface area (Å²) in [7, 11) is 2.07. The topological polar surface area (TPSA) is 9.29 Å². The van der Waals surface area contributed by atoms with Gasteiger partial charge in [0.05, 0.1) is 6.57 Å². The van der Waals surface area contributed by atoms with E-state index in [0.29, 0.717) is 5.69 Å². The van der Waals surface area contributed by atoms with Crippen LogP contribution in [-0.2, 0) is 7.05 Å². The molecule has 0 atom stereocenters. The molecule has 0 radical (unpaired) electrons. The monoisotopic (exact) mass is 434 g/mol. The van der Waals surface area contributed by atoms with E-state index in [4.69, 9.17) is 6.57 Å². The fraction of sp³-hybridized carbons (Fsp3) is 0.0312. The van der Waals surface area contributed by atoms with Crippen LogP contribution in [0.2, 0.25) is 0 Å². The van der Waals surface area contributed by atoms with Crippen molar-refractivity contribution in [3.63, 3.8) is 0 Å². The molecule has 0 spiro atoms. The molecule has 160 valence electrons. The zero-order valence-corrected chi connectivity index (χ0v) is 18.9. The minimum Gasteiger partial charge on any atom is -0.345 e.